The summed E-state index contributed by atoms with van der Waals surface area (Å²) in [5, 5.41) is 31.2. The summed E-state index contributed by atoms with van der Waals surface area (Å²) in [6.45, 7) is 9.45. The van der Waals surface area contributed by atoms with Crippen LogP contribution in [0.3, 0.4) is 0 Å². The molecule has 2 N–H and O–H groups in total. The Balaban J connectivity index is 0.000000672. The average Bonchev–Trinajstić information content (AvgIpc) is 2.69. The van der Waals surface area contributed by atoms with Crippen LogP contribution in [0.15, 0.2) is 0 Å². The van der Waals surface area contributed by atoms with Crippen molar-refractivity contribution in [2.45, 2.75) is 90.6 Å². The predicted molar refractivity (Wildman–Crippen MR) is 122 cm³/mol. The number of carboxylic acid groups (broad SMARTS) is 1. The maximum Gasteiger partial charge on any atom is 0.102 e. The Bertz CT molecular complexity index is 442. The van der Waals surface area contributed by atoms with E-state index in [1.807, 2.05) is 0 Å². The number of aliphatic carboxylic acids is 1. The van der Waals surface area contributed by atoms with Crippen LogP contribution < -0.4 is 5.11 Å². The number of likely N-dealkylation sites (N-methyl/N-ethyl adjacent to an activating group) is 1. The third-order valence-electron chi connectivity index (χ3n) is 7.60. The van der Waals surface area contributed by atoms with Crippen molar-refractivity contribution in [2.24, 2.45) is 17.8 Å². The lowest BCUT2D eigenvalue weighted by atomic mass is 9.65. The van der Waals surface area contributed by atoms with Crippen LogP contribution in [0.25, 0.3) is 0 Å². The first-order chi connectivity index (χ1) is 13.2. The Kier molecular flexibility index (Phi) is 13.9. The molecule has 2 aliphatic rings. The van der Waals surface area contributed by atoms with Crippen LogP contribution in [-0.4, -0.2) is 59.6 Å². The van der Waals surface area contributed by atoms with Crippen molar-refractivity contribution in [1.82, 2.24) is 0 Å². The second-order valence-electron chi connectivity index (χ2n) is 9.45. The normalized spacial score (nSPS) is 21.9. The van der Waals surface area contributed by atoms with Crippen LogP contribution in [0.4, 0.5) is 0 Å². The van der Waals surface area contributed by atoms with Crippen LogP contribution in [0.1, 0.15) is 85.0 Å². The van der Waals surface area contributed by atoms with E-state index in [1.54, 1.807) is 6.92 Å². The highest BCUT2D eigenvalue weighted by atomic mass is 79.9. The lowest BCUT2D eigenvalue weighted by Crippen LogP contribution is -2.54. The van der Waals surface area contributed by atoms with Crippen LogP contribution in [0, 0.1) is 17.8 Å². The highest BCUT2D eigenvalue weighted by Gasteiger charge is 2.44. The molecular formula is C23H46BrNO4. The first kappa shape index (κ1) is 28.8. The van der Waals surface area contributed by atoms with Crippen molar-refractivity contribution in [1.29, 1.82) is 0 Å². The molecule has 2 rings (SSSR count). The smallest absolute Gasteiger partial charge is 0.102 e. The topological polar surface area (TPSA) is 80.6 Å². The van der Waals surface area contributed by atoms with Crippen molar-refractivity contribution in [3.05, 3.63) is 0 Å². The highest BCUT2D eigenvalue weighted by molar-refractivity contribution is 8.93. The van der Waals surface area contributed by atoms with Crippen LogP contribution >= 0.6 is 17.0 Å². The minimum absolute atomic E-state index is 0. The number of carbonyl (C=O) groups is 1. The number of hydrogen-bond donors (Lipinski definition) is 2. The molecular weight excluding hydrogens is 434 g/mol. The molecule has 0 spiro atoms. The molecule has 6 heteroatoms. The lowest BCUT2D eigenvalue weighted by Gasteiger charge is -2.46. The number of aliphatic hydroxyl groups is 2. The average molecular weight is 481 g/mol. The third kappa shape index (κ3) is 8.84. The Morgan fingerprint density at radius 3 is 1.83 bits per heavy atom. The van der Waals surface area contributed by atoms with Gasteiger partial charge in [0.15, 0.2) is 0 Å². The summed E-state index contributed by atoms with van der Waals surface area (Å²) in [5.41, 5.74) is -1.10. The zero-order chi connectivity index (χ0) is 21.2. The van der Waals surface area contributed by atoms with Crippen LogP contribution in [0.5, 0.6) is 0 Å². The van der Waals surface area contributed by atoms with E-state index in [9.17, 15) is 15.0 Å². The molecule has 2 aliphatic carbocycles. The molecule has 5 nitrogen and oxygen atoms in total. The zero-order valence-electron chi connectivity index (χ0n) is 19.2. The van der Waals surface area contributed by atoms with Gasteiger partial charge in [-0.25, -0.2) is 0 Å². The number of hydrogen-bond acceptors (Lipinski definition) is 4. The van der Waals surface area contributed by atoms with E-state index < -0.39 is 17.5 Å². The quantitative estimate of drug-likeness (QED) is 0.523. The van der Waals surface area contributed by atoms with Gasteiger partial charge in [-0.2, -0.15) is 0 Å². The fraction of sp³-hybridized carbons (Fsp3) is 0.957. The molecule has 0 amide bonds. The Labute approximate surface area is 189 Å². The van der Waals surface area contributed by atoms with E-state index in [2.05, 4.69) is 20.9 Å². The summed E-state index contributed by atoms with van der Waals surface area (Å²) in [6, 6.07) is 0. The van der Waals surface area contributed by atoms with Gasteiger partial charge in [-0.05, 0) is 58.3 Å². The summed E-state index contributed by atoms with van der Waals surface area (Å²) >= 11 is 0. The third-order valence-corrected chi connectivity index (χ3v) is 7.60. The van der Waals surface area contributed by atoms with Crippen molar-refractivity contribution in [3.63, 3.8) is 0 Å². The summed E-state index contributed by atoms with van der Waals surface area (Å²) in [6.07, 6.45) is 10.6. The fourth-order valence-electron chi connectivity index (χ4n) is 5.10. The maximum atomic E-state index is 11.6. The molecule has 0 heterocycles. The zero-order valence-corrected chi connectivity index (χ0v) is 20.9. The molecule has 0 radical (unpaired) electrons. The summed E-state index contributed by atoms with van der Waals surface area (Å²) in [5.74, 6) is -1.49. The van der Waals surface area contributed by atoms with Gasteiger partial charge >= 0.3 is 0 Å². The van der Waals surface area contributed by atoms with Crippen molar-refractivity contribution < 1.29 is 24.6 Å². The molecule has 0 aliphatic heterocycles. The summed E-state index contributed by atoms with van der Waals surface area (Å²) < 4.78 is 0.983. The molecule has 2 saturated carbocycles. The van der Waals surface area contributed by atoms with Crippen molar-refractivity contribution in [2.75, 3.05) is 33.3 Å². The number of nitrogens with zero attached hydrogens (tertiary/aromatic N) is 1. The Morgan fingerprint density at radius 1 is 1.03 bits per heavy atom. The van der Waals surface area contributed by atoms with E-state index in [0.717, 1.165) is 75.5 Å². The van der Waals surface area contributed by atoms with Gasteiger partial charge in [0.05, 0.1) is 32.3 Å². The molecule has 0 aromatic rings. The standard InChI is InChI=1S/C16H28O3.C7H18NO.BrH/c1-16(19,13-10-6-3-7-11-13)14(15(17)18)12-8-4-2-5-9-12;1-4-8(3,5-2)6-7-9;/h12-14,19H,2-11H2,1H3,(H,17,18);9H,4-7H2,1-3H3;1H/q;+1;/p-1. The van der Waals surface area contributed by atoms with E-state index in [1.165, 1.54) is 12.8 Å². The molecule has 174 valence electrons. The number of quaternary nitrogens is 1. The van der Waals surface area contributed by atoms with Gasteiger partial charge in [-0.1, -0.05) is 38.5 Å². The second kappa shape index (κ2) is 14.0. The number of rotatable bonds is 8. The molecule has 0 saturated heterocycles. The van der Waals surface area contributed by atoms with E-state index >= 15 is 0 Å². The molecule has 2 unspecified atom stereocenters. The van der Waals surface area contributed by atoms with E-state index in [-0.39, 0.29) is 28.8 Å². The number of halogens is 1. The van der Waals surface area contributed by atoms with Crippen LogP contribution in [0.2, 0.25) is 0 Å². The van der Waals surface area contributed by atoms with Gasteiger partial charge in [-0.15, -0.1) is 17.0 Å². The van der Waals surface area contributed by atoms with Gasteiger partial charge in [0.1, 0.15) is 6.54 Å². The van der Waals surface area contributed by atoms with Gasteiger partial charge < -0.3 is 24.6 Å². The SMILES string of the molecule is Br.CC(O)(C1CCCCC1)C(C(=O)[O-])C1CCCCC1.CC[N+](C)(CC)CCO. The predicted octanol–water partition coefficient (Wildman–Crippen LogP) is 3.31. The first-order valence-electron chi connectivity index (χ1n) is 11.6. The number of carbonyl (C=O) groups excluding carboxylic acids is 1. The van der Waals surface area contributed by atoms with Gasteiger partial charge in [0.2, 0.25) is 0 Å². The molecule has 0 aromatic carbocycles. The maximum absolute atomic E-state index is 11.6. The molecule has 2 atom stereocenters. The molecule has 0 bridgehead atoms. The molecule has 29 heavy (non-hydrogen) atoms. The fourth-order valence-corrected chi connectivity index (χ4v) is 5.10. The Hall–Kier alpha value is -0.170. The second-order valence-corrected chi connectivity index (χ2v) is 9.45. The van der Waals surface area contributed by atoms with Gasteiger partial charge in [0, 0.05) is 11.9 Å². The Morgan fingerprint density at radius 2 is 1.48 bits per heavy atom. The largest absolute Gasteiger partial charge is 0.550 e. The minimum Gasteiger partial charge on any atom is -0.550 e. The summed E-state index contributed by atoms with van der Waals surface area (Å²) in [7, 11) is 2.16. The minimum atomic E-state index is -1.10. The monoisotopic (exact) mass is 479 g/mol. The molecule has 2 fully saturated rings. The number of aliphatic hydroxyl groups excluding tert-OH is 1. The van der Waals surface area contributed by atoms with Gasteiger partial charge in [0.25, 0.3) is 0 Å². The van der Waals surface area contributed by atoms with Crippen molar-refractivity contribution >= 4 is 23.0 Å². The van der Waals surface area contributed by atoms with Crippen LogP contribution in [-0.2, 0) is 4.79 Å². The van der Waals surface area contributed by atoms with Crippen molar-refractivity contribution in [3.8, 4) is 0 Å². The highest BCUT2D eigenvalue weighted by Crippen LogP contribution is 2.43. The van der Waals surface area contributed by atoms with E-state index in [0.29, 0.717) is 6.61 Å². The first-order valence-corrected chi connectivity index (χ1v) is 11.6. The summed E-state index contributed by atoms with van der Waals surface area (Å²) in [4.78, 5) is 11.6. The van der Waals surface area contributed by atoms with Gasteiger partial charge in [-0.3, -0.25) is 0 Å². The lowest BCUT2D eigenvalue weighted by molar-refractivity contribution is -0.906. The number of carboxylic acids is 1. The molecule has 0 aromatic heterocycles. The van der Waals surface area contributed by atoms with E-state index in [4.69, 9.17) is 5.11 Å².